The Bertz CT molecular complexity index is 821. The second kappa shape index (κ2) is 6.89. The SMILES string of the molecule is COc1ccccc1-c1nnc(COc2cccc(Cl)c2Cl)o1. The molecular weight excluding hydrogens is 339 g/mol. The van der Waals surface area contributed by atoms with Crippen molar-refractivity contribution in [3.63, 3.8) is 0 Å². The summed E-state index contributed by atoms with van der Waals surface area (Å²) in [5.74, 6) is 1.79. The van der Waals surface area contributed by atoms with Crippen molar-refractivity contribution < 1.29 is 13.9 Å². The molecule has 0 atom stereocenters. The standard InChI is InChI=1S/C16H12Cl2N2O3/c1-21-12-7-3-2-5-10(12)16-20-19-14(23-16)9-22-13-8-4-6-11(17)15(13)18/h2-8H,9H2,1H3. The molecule has 0 amide bonds. The second-order valence-electron chi connectivity index (χ2n) is 4.54. The Morgan fingerprint density at radius 2 is 1.78 bits per heavy atom. The summed E-state index contributed by atoms with van der Waals surface area (Å²) >= 11 is 12.0. The van der Waals surface area contributed by atoms with Crippen molar-refractivity contribution in [2.45, 2.75) is 6.61 Å². The van der Waals surface area contributed by atoms with Gasteiger partial charge in [-0.2, -0.15) is 0 Å². The van der Waals surface area contributed by atoms with Crippen LogP contribution in [-0.4, -0.2) is 17.3 Å². The fourth-order valence-electron chi connectivity index (χ4n) is 1.98. The summed E-state index contributed by atoms with van der Waals surface area (Å²) in [4.78, 5) is 0. The molecule has 0 saturated heterocycles. The van der Waals surface area contributed by atoms with E-state index in [0.717, 1.165) is 5.56 Å². The molecule has 5 nitrogen and oxygen atoms in total. The predicted octanol–water partition coefficient (Wildman–Crippen LogP) is 4.63. The molecular formula is C16H12Cl2N2O3. The quantitative estimate of drug-likeness (QED) is 0.671. The number of rotatable bonds is 5. The molecule has 0 aliphatic heterocycles. The van der Waals surface area contributed by atoms with E-state index in [2.05, 4.69) is 10.2 Å². The third-order valence-corrected chi connectivity index (χ3v) is 3.87. The van der Waals surface area contributed by atoms with Crippen LogP contribution in [0.4, 0.5) is 0 Å². The van der Waals surface area contributed by atoms with Gasteiger partial charge in [-0.1, -0.05) is 41.4 Å². The molecule has 3 aromatic rings. The number of benzene rings is 2. The summed E-state index contributed by atoms with van der Waals surface area (Å²) in [6, 6.07) is 12.5. The molecule has 0 radical (unpaired) electrons. The Balaban J connectivity index is 1.76. The fourth-order valence-corrected chi connectivity index (χ4v) is 2.32. The van der Waals surface area contributed by atoms with Crippen LogP contribution < -0.4 is 9.47 Å². The molecule has 0 spiro atoms. The topological polar surface area (TPSA) is 57.4 Å². The zero-order chi connectivity index (χ0) is 16.2. The normalized spacial score (nSPS) is 10.6. The first-order chi connectivity index (χ1) is 11.2. The Hall–Kier alpha value is -2.24. The van der Waals surface area contributed by atoms with Gasteiger partial charge in [0.15, 0.2) is 6.61 Å². The van der Waals surface area contributed by atoms with E-state index in [1.807, 2.05) is 24.3 Å². The minimum atomic E-state index is 0.0855. The smallest absolute Gasteiger partial charge is 0.254 e. The number of aromatic nitrogens is 2. The third-order valence-electron chi connectivity index (χ3n) is 3.07. The maximum Gasteiger partial charge on any atom is 0.254 e. The third kappa shape index (κ3) is 3.41. The maximum atomic E-state index is 6.06. The number of para-hydroxylation sites is 1. The highest BCUT2D eigenvalue weighted by molar-refractivity contribution is 6.42. The Morgan fingerprint density at radius 1 is 1.00 bits per heavy atom. The first kappa shape index (κ1) is 15.6. The molecule has 23 heavy (non-hydrogen) atoms. The number of halogens is 2. The lowest BCUT2D eigenvalue weighted by Crippen LogP contribution is -1.96. The van der Waals surface area contributed by atoms with E-state index in [1.165, 1.54) is 0 Å². The van der Waals surface area contributed by atoms with Crippen LogP contribution in [0.3, 0.4) is 0 Å². The van der Waals surface area contributed by atoms with E-state index < -0.39 is 0 Å². The van der Waals surface area contributed by atoms with Crippen LogP contribution in [0.2, 0.25) is 10.0 Å². The molecule has 0 bridgehead atoms. The monoisotopic (exact) mass is 350 g/mol. The average molecular weight is 351 g/mol. The summed E-state index contributed by atoms with van der Waals surface area (Å²) in [6.45, 7) is 0.0855. The number of ether oxygens (including phenoxy) is 2. The molecule has 2 aromatic carbocycles. The van der Waals surface area contributed by atoms with E-state index >= 15 is 0 Å². The average Bonchev–Trinajstić information content (AvgIpc) is 3.05. The first-order valence-electron chi connectivity index (χ1n) is 6.71. The molecule has 3 rings (SSSR count). The van der Waals surface area contributed by atoms with Gasteiger partial charge in [-0.3, -0.25) is 0 Å². The van der Waals surface area contributed by atoms with Gasteiger partial charge < -0.3 is 13.9 Å². The lowest BCUT2D eigenvalue weighted by atomic mass is 10.2. The molecule has 0 aliphatic carbocycles. The van der Waals surface area contributed by atoms with Crippen molar-refractivity contribution in [1.82, 2.24) is 10.2 Å². The number of methoxy groups -OCH3 is 1. The van der Waals surface area contributed by atoms with E-state index in [-0.39, 0.29) is 6.61 Å². The van der Waals surface area contributed by atoms with Crippen LogP contribution in [0.5, 0.6) is 11.5 Å². The van der Waals surface area contributed by atoms with Crippen molar-refractivity contribution in [2.24, 2.45) is 0 Å². The van der Waals surface area contributed by atoms with Crippen molar-refractivity contribution in [3.8, 4) is 23.0 Å². The van der Waals surface area contributed by atoms with Crippen LogP contribution >= 0.6 is 23.2 Å². The van der Waals surface area contributed by atoms with Gasteiger partial charge in [0, 0.05) is 0 Å². The lowest BCUT2D eigenvalue weighted by molar-refractivity contribution is 0.264. The highest BCUT2D eigenvalue weighted by Crippen LogP contribution is 2.32. The van der Waals surface area contributed by atoms with Crippen LogP contribution in [0.1, 0.15) is 5.89 Å². The number of hydrogen-bond donors (Lipinski definition) is 0. The second-order valence-corrected chi connectivity index (χ2v) is 5.33. The van der Waals surface area contributed by atoms with Gasteiger partial charge in [0.05, 0.1) is 17.7 Å². The van der Waals surface area contributed by atoms with Crippen LogP contribution in [0.25, 0.3) is 11.5 Å². The molecule has 0 N–H and O–H groups in total. The Kier molecular flexibility index (Phi) is 4.69. The molecule has 0 aliphatic rings. The van der Waals surface area contributed by atoms with E-state index in [9.17, 15) is 0 Å². The first-order valence-corrected chi connectivity index (χ1v) is 7.47. The number of hydrogen-bond acceptors (Lipinski definition) is 5. The maximum absolute atomic E-state index is 6.06. The van der Waals surface area contributed by atoms with Crippen LogP contribution in [-0.2, 0) is 6.61 Å². The molecule has 7 heteroatoms. The zero-order valence-electron chi connectivity index (χ0n) is 12.1. The largest absolute Gasteiger partial charge is 0.496 e. The summed E-state index contributed by atoms with van der Waals surface area (Å²) in [6.07, 6.45) is 0. The van der Waals surface area contributed by atoms with Crippen molar-refractivity contribution in [2.75, 3.05) is 7.11 Å². The van der Waals surface area contributed by atoms with Gasteiger partial charge in [0.1, 0.15) is 16.5 Å². The molecule has 1 aromatic heterocycles. The van der Waals surface area contributed by atoms with E-state index in [1.54, 1.807) is 25.3 Å². The van der Waals surface area contributed by atoms with Gasteiger partial charge >= 0.3 is 0 Å². The van der Waals surface area contributed by atoms with Gasteiger partial charge in [-0.15, -0.1) is 10.2 Å². The predicted molar refractivity (Wildman–Crippen MR) is 87.1 cm³/mol. The number of nitrogens with zero attached hydrogens (tertiary/aromatic N) is 2. The van der Waals surface area contributed by atoms with Crippen molar-refractivity contribution in [3.05, 3.63) is 58.4 Å². The summed E-state index contributed by atoms with van der Waals surface area (Å²) < 4.78 is 16.4. The van der Waals surface area contributed by atoms with Gasteiger partial charge in [0.2, 0.25) is 0 Å². The molecule has 1 heterocycles. The zero-order valence-corrected chi connectivity index (χ0v) is 13.6. The van der Waals surface area contributed by atoms with Crippen LogP contribution in [0.15, 0.2) is 46.9 Å². The summed E-state index contributed by atoms with van der Waals surface area (Å²) in [7, 11) is 1.58. The van der Waals surface area contributed by atoms with E-state index in [4.69, 9.17) is 37.1 Å². The van der Waals surface area contributed by atoms with Crippen molar-refractivity contribution >= 4 is 23.2 Å². The molecule has 0 saturated carbocycles. The lowest BCUT2D eigenvalue weighted by Gasteiger charge is -2.06. The minimum Gasteiger partial charge on any atom is -0.496 e. The Morgan fingerprint density at radius 3 is 2.61 bits per heavy atom. The highest BCUT2D eigenvalue weighted by atomic mass is 35.5. The van der Waals surface area contributed by atoms with E-state index in [0.29, 0.717) is 33.3 Å². The Labute approximate surface area is 142 Å². The molecule has 0 fully saturated rings. The summed E-state index contributed by atoms with van der Waals surface area (Å²) in [5.41, 5.74) is 0.717. The molecule has 0 unspecified atom stereocenters. The van der Waals surface area contributed by atoms with Crippen LogP contribution in [0, 0.1) is 0 Å². The summed E-state index contributed by atoms with van der Waals surface area (Å²) in [5, 5.41) is 8.74. The molecule has 118 valence electrons. The van der Waals surface area contributed by atoms with Gasteiger partial charge in [-0.05, 0) is 24.3 Å². The highest BCUT2D eigenvalue weighted by Gasteiger charge is 2.14. The van der Waals surface area contributed by atoms with Gasteiger partial charge in [0.25, 0.3) is 11.8 Å². The fraction of sp³-hybridized carbons (Fsp3) is 0.125. The van der Waals surface area contributed by atoms with Crippen molar-refractivity contribution in [1.29, 1.82) is 0 Å². The minimum absolute atomic E-state index is 0.0855. The van der Waals surface area contributed by atoms with Gasteiger partial charge in [-0.25, -0.2) is 0 Å².